The third-order valence-corrected chi connectivity index (χ3v) is 12.0. The summed E-state index contributed by atoms with van der Waals surface area (Å²) in [5.74, 6) is -0.902. The lowest BCUT2D eigenvalue weighted by Crippen LogP contribution is -2.30. The van der Waals surface area contributed by atoms with Gasteiger partial charge in [-0.15, -0.1) is 0 Å². The van der Waals surface area contributed by atoms with Gasteiger partial charge in [-0.1, -0.05) is 236 Å². The Morgan fingerprint density at radius 2 is 0.600 bits per heavy atom. The summed E-state index contributed by atoms with van der Waals surface area (Å²) >= 11 is 0. The molecule has 0 aliphatic heterocycles. The number of rotatable bonds is 50. The number of unbranched alkanes of at least 4 members (excludes halogenated alkanes) is 29. The van der Waals surface area contributed by atoms with Gasteiger partial charge in [-0.2, -0.15) is 0 Å². The van der Waals surface area contributed by atoms with Crippen molar-refractivity contribution in [3.63, 3.8) is 0 Å². The van der Waals surface area contributed by atoms with Crippen LogP contribution in [0, 0.1) is 0 Å². The van der Waals surface area contributed by atoms with E-state index in [4.69, 9.17) is 14.2 Å². The van der Waals surface area contributed by atoms with Gasteiger partial charge in [0.2, 0.25) is 0 Å². The highest BCUT2D eigenvalue weighted by atomic mass is 16.6. The fourth-order valence-electron chi connectivity index (χ4n) is 7.84. The van der Waals surface area contributed by atoms with Crippen LogP contribution in [0.4, 0.5) is 0 Å². The molecule has 0 rings (SSSR count). The minimum absolute atomic E-state index is 0.0797. The molecule has 0 radical (unpaired) electrons. The summed E-state index contributed by atoms with van der Waals surface area (Å²) in [4.78, 5) is 37.8. The summed E-state index contributed by atoms with van der Waals surface area (Å²) in [5.41, 5.74) is 0. The summed E-state index contributed by atoms with van der Waals surface area (Å²) in [5, 5.41) is 0. The van der Waals surface area contributed by atoms with Gasteiger partial charge in [0.05, 0.1) is 0 Å². The van der Waals surface area contributed by atoms with Crippen LogP contribution in [0.3, 0.4) is 0 Å². The number of esters is 3. The molecule has 1 unspecified atom stereocenters. The van der Waals surface area contributed by atoms with E-state index in [0.29, 0.717) is 19.3 Å². The Morgan fingerprint density at radius 1 is 0.323 bits per heavy atom. The van der Waals surface area contributed by atoms with Gasteiger partial charge in [-0.05, 0) is 83.5 Å². The average molecular weight is 909 g/mol. The molecule has 0 aliphatic carbocycles. The molecule has 0 fully saturated rings. The number of ether oxygens (including phenoxy) is 3. The predicted molar refractivity (Wildman–Crippen MR) is 279 cm³/mol. The van der Waals surface area contributed by atoms with Crippen LogP contribution in [0.5, 0.6) is 0 Å². The summed E-state index contributed by atoms with van der Waals surface area (Å²) in [6.45, 7) is 6.45. The Balaban J connectivity index is 4.11. The zero-order valence-electron chi connectivity index (χ0n) is 43.0. The fraction of sp³-hybridized carbons (Fsp3) is 0.780. The Kier molecular flexibility index (Phi) is 51.3. The second kappa shape index (κ2) is 53.7. The van der Waals surface area contributed by atoms with Crippen molar-refractivity contribution >= 4 is 17.9 Å². The normalized spacial score (nSPS) is 12.5. The first-order valence-electron chi connectivity index (χ1n) is 27.8. The highest BCUT2D eigenvalue weighted by molar-refractivity contribution is 5.71. The maximum absolute atomic E-state index is 12.8. The van der Waals surface area contributed by atoms with Crippen molar-refractivity contribution < 1.29 is 28.6 Å². The molecule has 0 heterocycles. The SMILES string of the molecule is CC/C=C\C/C=C\C/C=C\C/C=C\CCCCCCCCC(=O)OC(COC(=O)CCCCCCC)COC(=O)CCCCCCCCCCCCC/C=C\CCCCCCCCCC. The minimum atomic E-state index is -0.778. The molecule has 0 aromatic rings. The molecule has 0 N–H and O–H groups in total. The Hall–Kier alpha value is -2.89. The second-order valence-corrected chi connectivity index (χ2v) is 18.5. The van der Waals surface area contributed by atoms with E-state index in [0.717, 1.165) is 103 Å². The first kappa shape index (κ1) is 62.1. The van der Waals surface area contributed by atoms with Crippen molar-refractivity contribution in [1.82, 2.24) is 0 Å². The zero-order valence-corrected chi connectivity index (χ0v) is 43.0. The smallest absolute Gasteiger partial charge is 0.306 e. The number of carbonyl (C=O) groups is 3. The first-order valence-corrected chi connectivity index (χ1v) is 27.8. The first-order chi connectivity index (χ1) is 32.0. The van der Waals surface area contributed by atoms with E-state index in [1.807, 2.05) is 0 Å². The molecule has 6 heteroatoms. The third-order valence-electron chi connectivity index (χ3n) is 12.0. The Labute approximate surface area is 402 Å². The van der Waals surface area contributed by atoms with Crippen molar-refractivity contribution in [3.05, 3.63) is 60.8 Å². The molecule has 0 bridgehead atoms. The van der Waals surface area contributed by atoms with Crippen LogP contribution in [0.25, 0.3) is 0 Å². The fourth-order valence-corrected chi connectivity index (χ4v) is 7.84. The van der Waals surface area contributed by atoms with Crippen LogP contribution in [0.2, 0.25) is 0 Å². The highest BCUT2D eigenvalue weighted by Crippen LogP contribution is 2.15. The summed E-state index contributed by atoms with van der Waals surface area (Å²) in [7, 11) is 0. The van der Waals surface area contributed by atoms with E-state index in [1.54, 1.807) is 0 Å². The molecule has 376 valence electrons. The van der Waals surface area contributed by atoms with E-state index in [-0.39, 0.29) is 31.1 Å². The van der Waals surface area contributed by atoms with Crippen LogP contribution in [-0.2, 0) is 28.6 Å². The Morgan fingerprint density at radius 3 is 0.954 bits per heavy atom. The van der Waals surface area contributed by atoms with E-state index in [2.05, 4.69) is 81.5 Å². The van der Waals surface area contributed by atoms with Gasteiger partial charge < -0.3 is 14.2 Å². The predicted octanol–water partition coefficient (Wildman–Crippen LogP) is 18.4. The van der Waals surface area contributed by atoms with Crippen LogP contribution in [0.15, 0.2) is 60.8 Å². The van der Waals surface area contributed by atoms with Crippen LogP contribution in [-0.4, -0.2) is 37.2 Å². The van der Waals surface area contributed by atoms with Crippen molar-refractivity contribution in [2.24, 2.45) is 0 Å². The molecule has 0 spiro atoms. The maximum Gasteiger partial charge on any atom is 0.306 e. The molecule has 0 amide bonds. The van der Waals surface area contributed by atoms with Crippen LogP contribution >= 0.6 is 0 Å². The monoisotopic (exact) mass is 909 g/mol. The molecule has 0 aromatic heterocycles. The lowest BCUT2D eigenvalue weighted by atomic mass is 10.0. The van der Waals surface area contributed by atoms with Gasteiger partial charge in [0.25, 0.3) is 0 Å². The van der Waals surface area contributed by atoms with Crippen molar-refractivity contribution in [2.75, 3.05) is 13.2 Å². The molecule has 0 aromatic carbocycles. The third kappa shape index (κ3) is 51.9. The van der Waals surface area contributed by atoms with Crippen LogP contribution < -0.4 is 0 Å². The largest absolute Gasteiger partial charge is 0.462 e. The van der Waals surface area contributed by atoms with E-state index in [9.17, 15) is 14.4 Å². The number of hydrogen-bond donors (Lipinski definition) is 0. The molecular formula is C59H104O6. The molecule has 0 saturated heterocycles. The molecule has 1 atom stereocenters. The average Bonchev–Trinajstić information content (AvgIpc) is 3.30. The number of allylic oxidation sites excluding steroid dienone is 10. The zero-order chi connectivity index (χ0) is 47.2. The summed E-state index contributed by atoms with van der Waals surface area (Å²) < 4.78 is 16.7. The summed E-state index contributed by atoms with van der Waals surface area (Å²) in [6.07, 6.45) is 66.8. The van der Waals surface area contributed by atoms with E-state index in [1.165, 1.54) is 135 Å². The molecule has 6 nitrogen and oxygen atoms in total. The standard InChI is InChI=1S/C59H104O6/c1-4-7-10-13-15-17-19-21-23-25-27-28-29-30-32-33-35-37-39-41-43-46-49-52-58(61)64-55-56(54-63-57(60)51-48-45-12-9-6-3)65-59(62)53-50-47-44-42-40-38-36-34-31-26-24-22-20-18-16-14-11-8-5-2/h8,11,16,18,22,24-25,27,31,34,56H,4-7,9-10,12-15,17,19-21,23,26,28-30,32-33,35-55H2,1-3H3/b11-8-,18-16-,24-22-,27-25-,34-31-. The molecule has 0 aliphatic rings. The van der Waals surface area contributed by atoms with Gasteiger partial charge >= 0.3 is 17.9 Å². The van der Waals surface area contributed by atoms with Gasteiger partial charge in [0.15, 0.2) is 6.10 Å². The van der Waals surface area contributed by atoms with Gasteiger partial charge in [-0.3, -0.25) is 14.4 Å². The lowest BCUT2D eigenvalue weighted by molar-refractivity contribution is -0.167. The number of hydrogen-bond acceptors (Lipinski definition) is 6. The quantitative estimate of drug-likeness (QED) is 0.0262. The van der Waals surface area contributed by atoms with E-state index >= 15 is 0 Å². The van der Waals surface area contributed by atoms with Gasteiger partial charge in [0, 0.05) is 19.3 Å². The molecular weight excluding hydrogens is 805 g/mol. The number of carbonyl (C=O) groups excluding carboxylic acids is 3. The van der Waals surface area contributed by atoms with E-state index < -0.39 is 6.10 Å². The molecule has 0 saturated carbocycles. The molecule has 65 heavy (non-hydrogen) atoms. The van der Waals surface area contributed by atoms with Gasteiger partial charge in [0.1, 0.15) is 13.2 Å². The summed E-state index contributed by atoms with van der Waals surface area (Å²) in [6, 6.07) is 0. The van der Waals surface area contributed by atoms with Crippen molar-refractivity contribution in [1.29, 1.82) is 0 Å². The Bertz CT molecular complexity index is 1180. The topological polar surface area (TPSA) is 78.9 Å². The van der Waals surface area contributed by atoms with Crippen molar-refractivity contribution in [3.8, 4) is 0 Å². The lowest BCUT2D eigenvalue weighted by Gasteiger charge is -2.18. The van der Waals surface area contributed by atoms with Crippen molar-refractivity contribution in [2.45, 2.75) is 284 Å². The highest BCUT2D eigenvalue weighted by Gasteiger charge is 2.19. The second-order valence-electron chi connectivity index (χ2n) is 18.5. The van der Waals surface area contributed by atoms with Crippen LogP contribution in [0.1, 0.15) is 278 Å². The maximum atomic E-state index is 12.8. The van der Waals surface area contributed by atoms with Gasteiger partial charge in [-0.25, -0.2) is 0 Å². The minimum Gasteiger partial charge on any atom is -0.462 e.